The SMILES string of the molecule is CN[C@H](CSCC1O[C@H]2O[C@@H]3C(CO)O[C@H](O[C@@H]4C(CO)O[C@H](O[C@@H]5C(CO)O[C@@H](O[C@@H]6C(CSC[C@@H](CC(=O)CCOCCOCCC(C)=O)C(=O)NCCSSc7ccccn7)O[C@H](O[C@@H]7C(CO)O[C@@H](O[C@@H]8C(CO)O[C@@H](O[C@H]1[C@H](O)C2O)C(O)[C@H]8O)C(O)[C@H]7O)C(O)[C@H]6O)C(O)[C@H]5O)C(O)[C@H]4O)[C@@H](O)C3O)C(=O)NCCSSc1ccccn1. The maximum absolute atomic E-state index is 14.2. The van der Waals surface area contributed by atoms with Crippen LogP contribution >= 0.6 is 66.7 Å². The number of hydrogen-bond donors (Lipinski definition) is 22. The number of carbonyl (C=O) groups excluding carboxylic acids is 4. The summed E-state index contributed by atoms with van der Waals surface area (Å²) in [6, 6.07) is 9.91. The van der Waals surface area contributed by atoms with Gasteiger partial charge >= 0.3 is 0 Å². The summed E-state index contributed by atoms with van der Waals surface area (Å²) in [5, 5.41) is 231. The van der Waals surface area contributed by atoms with Gasteiger partial charge in [0.15, 0.2) is 44.0 Å². The van der Waals surface area contributed by atoms with E-state index in [1.807, 2.05) is 18.2 Å². The first-order valence-electron chi connectivity index (χ1n) is 39.8. The Labute approximate surface area is 730 Å². The molecule has 14 unspecified atom stereocenters. The molecule has 37 atom stereocenters. The number of aliphatic hydroxyl groups excluding tert-OH is 19. The van der Waals surface area contributed by atoms with Gasteiger partial charge in [-0.3, -0.25) is 19.2 Å². The Kier molecular flexibility index (Phi) is 42.2. The highest BCUT2D eigenvalue weighted by molar-refractivity contribution is 8.77. The Hall–Kier alpha value is -2.76. The summed E-state index contributed by atoms with van der Waals surface area (Å²) in [5.74, 6) is -2.59. The molecule has 2 aromatic rings. The number of carbonyl (C=O) groups is 4. The fourth-order valence-electron chi connectivity index (χ4n) is 14.3. The van der Waals surface area contributed by atoms with Gasteiger partial charge in [0.1, 0.15) is 180 Å². The summed E-state index contributed by atoms with van der Waals surface area (Å²) < 4.78 is 95.5. The number of thioether (sulfide) groups is 2. The van der Waals surface area contributed by atoms with Crippen LogP contribution < -0.4 is 16.0 Å². The molecule has 123 heavy (non-hydrogen) atoms. The Morgan fingerprint density at radius 3 is 0.992 bits per heavy atom. The van der Waals surface area contributed by atoms with Crippen LogP contribution in [0.5, 0.6) is 0 Å². The standard InChI is InChI=1S/C73H113N5O39S6/c1-31(84)9-15-102-17-18-103-16-10-33(85)21-32(65(100)77-13-19-120-122-42-7-3-5-11-75-42)27-118-29-40-63-49(91)56(98)72(109-40)114-61-38(25-82)105-69(52(94)45(61)87)113-60-37(24-81)108-71(55(97)48(60)90)117-64-41(30-119-28-34(74-2)66(101)78-14-20-121-123-43-8-4-6-12-76-43)110-73(57(99)50(64)92)115-62-39(26-83)106-68(53(95)46(62)88)111-58-35(22-79)104-67(51(93)44(58)86)112-59-36(23-80)107-70(116-63)54(96)47(59)89/h3-8,11-12,32,34-41,44-64,67-74,79-83,86-99H,9-10,13-30H2,1-2H3,(H,77,100)(H,78,101)/t32-,34-,35?,36?,37?,38?,39?,40?,41?,44-,45-,46?,47-,48-,49-,50-,51?,52?,53+,54?,55?,56?,57?,58-,59-,60-,61-,62-,63-,64-,67-,68-,69+,70+,71+,72-,73+/m1/s1. The average Bonchev–Trinajstić information content (AvgIpc) is 0.886. The average molecular weight is 1880 g/mol. The molecule has 23 rings (SSSR count). The van der Waals surface area contributed by atoms with E-state index in [1.54, 1.807) is 30.6 Å². The van der Waals surface area contributed by atoms with Crippen molar-refractivity contribution in [3.05, 3.63) is 48.8 Å². The van der Waals surface area contributed by atoms with Crippen molar-refractivity contribution < 1.29 is 192 Å². The summed E-state index contributed by atoms with van der Waals surface area (Å²) in [5.41, 5.74) is 0. The molecular formula is C73H113N5O39S6. The van der Waals surface area contributed by atoms with Gasteiger partial charge in [-0.05, 0) is 59.8 Å². The van der Waals surface area contributed by atoms with Crippen molar-refractivity contribution in [1.29, 1.82) is 0 Å². The zero-order valence-electron chi connectivity index (χ0n) is 66.6. The van der Waals surface area contributed by atoms with E-state index in [0.29, 0.717) is 16.5 Å². The summed E-state index contributed by atoms with van der Waals surface area (Å²) in [6.07, 6.45) is -69.3. The molecule has 0 spiro atoms. The van der Waals surface area contributed by atoms with Crippen molar-refractivity contribution in [2.75, 3.05) is 114 Å². The zero-order chi connectivity index (χ0) is 88.7. The fourth-order valence-corrected chi connectivity index (χ4v) is 20.3. The highest BCUT2D eigenvalue weighted by atomic mass is 33.1. The molecule has 21 fully saturated rings. The van der Waals surface area contributed by atoms with Crippen LogP contribution in [0.2, 0.25) is 0 Å². The molecule has 23 heterocycles. The largest absolute Gasteiger partial charge is 0.394 e. The number of hydrogen-bond acceptors (Lipinski definition) is 48. The molecular weight excluding hydrogens is 1760 g/mol. The lowest BCUT2D eigenvalue weighted by atomic mass is 9.95. The number of aromatic nitrogens is 2. The van der Waals surface area contributed by atoms with E-state index < -0.39 is 283 Å². The molecule has 21 saturated heterocycles. The molecule has 2 amide bonds. The monoisotopic (exact) mass is 1880 g/mol. The maximum atomic E-state index is 14.2. The van der Waals surface area contributed by atoms with Gasteiger partial charge < -0.3 is 189 Å². The van der Waals surface area contributed by atoms with Crippen LogP contribution in [-0.4, -0.2) is 465 Å². The molecule has 44 nitrogen and oxygen atoms in total. The van der Waals surface area contributed by atoms with Crippen LogP contribution in [0.15, 0.2) is 58.8 Å². The van der Waals surface area contributed by atoms with Gasteiger partial charge in [-0.15, -0.1) is 0 Å². The van der Waals surface area contributed by atoms with Gasteiger partial charge in [0.05, 0.1) is 83.6 Å². The molecule has 0 aliphatic carbocycles. The second-order valence-electron chi connectivity index (χ2n) is 29.8. The number of nitrogens with zero attached hydrogens (tertiary/aromatic N) is 2. The number of amides is 2. The number of likely N-dealkylation sites (N-methyl/N-ethyl adjacent to an activating group) is 1. The summed E-state index contributed by atoms with van der Waals surface area (Å²) in [4.78, 5) is 61.3. The Morgan fingerprint density at radius 1 is 0.390 bits per heavy atom. The Bertz CT molecular complexity index is 3460. The highest BCUT2D eigenvalue weighted by Gasteiger charge is 2.60. The van der Waals surface area contributed by atoms with E-state index >= 15 is 0 Å². The number of ether oxygens (including phenoxy) is 16. The topological polar surface area (TPSA) is 662 Å². The third-order valence-electron chi connectivity index (χ3n) is 21.1. The Balaban J connectivity index is 0.912. The first-order valence-corrected chi connectivity index (χ1v) is 46.8. The van der Waals surface area contributed by atoms with Crippen molar-refractivity contribution in [3.8, 4) is 0 Å². The molecule has 0 saturated carbocycles. The van der Waals surface area contributed by atoms with E-state index in [2.05, 4.69) is 25.9 Å². The van der Waals surface area contributed by atoms with Crippen molar-refractivity contribution in [2.24, 2.45) is 5.92 Å². The minimum Gasteiger partial charge on any atom is -0.394 e. The summed E-state index contributed by atoms with van der Waals surface area (Å²) >= 11 is 1.96. The molecule has 700 valence electrons. The predicted octanol–water partition coefficient (Wildman–Crippen LogP) is -9.28. The normalized spacial score (nSPS) is 39.4. The fraction of sp³-hybridized carbons (Fsp3) is 0.808. The van der Waals surface area contributed by atoms with Crippen LogP contribution in [0.1, 0.15) is 26.2 Å². The molecule has 14 bridgehead atoms. The van der Waals surface area contributed by atoms with E-state index in [0.717, 1.165) is 28.5 Å². The number of ketones is 2. The lowest BCUT2D eigenvalue weighted by Gasteiger charge is -2.50. The second kappa shape index (κ2) is 50.8. The van der Waals surface area contributed by atoms with Crippen molar-refractivity contribution in [1.82, 2.24) is 25.9 Å². The third kappa shape index (κ3) is 27.5. The van der Waals surface area contributed by atoms with Crippen LogP contribution in [0.3, 0.4) is 0 Å². The molecule has 50 heteroatoms. The Morgan fingerprint density at radius 2 is 0.691 bits per heavy atom. The van der Waals surface area contributed by atoms with Gasteiger partial charge in [0.25, 0.3) is 0 Å². The number of aliphatic hydroxyl groups is 19. The molecule has 2 aromatic heterocycles. The quantitative estimate of drug-likeness (QED) is 0.0221. The lowest BCUT2D eigenvalue weighted by molar-refractivity contribution is -0.395. The van der Waals surface area contributed by atoms with Gasteiger partial charge in [-0.2, -0.15) is 23.5 Å². The molecule has 0 radical (unpaired) electrons. The molecule has 21 aliphatic rings. The van der Waals surface area contributed by atoms with Gasteiger partial charge in [-0.25, -0.2) is 9.97 Å². The maximum Gasteiger partial charge on any atom is 0.238 e. The first kappa shape index (κ1) is 102. The minimum absolute atomic E-state index is 0.0233. The second-order valence-corrected chi connectivity index (χ2v) is 36.8. The minimum atomic E-state index is -2.30. The van der Waals surface area contributed by atoms with E-state index in [-0.39, 0.29) is 81.8 Å². The molecule has 21 aliphatic heterocycles. The summed E-state index contributed by atoms with van der Waals surface area (Å²) in [6.45, 7) is -3.37. The van der Waals surface area contributed by atoms with Crippen LogP contribution in [-0.2, 0) is 95.0 Å². The van der Waals surface area contributed by atoms with Crippen molar-refractivity contribution in [2.45, 2.75) is 257 Å². The van der Waals surface area contributed by atoms with Crippen LogP contribution in [0, 0.1) is 5.92 Å². The smallest absolute Gasteiger partial charge is 0.238 e. The first-order chi connectivity index (χ1) is 59.1. The van der Waals surface area contributed by atoms with Gasteiger partial charge in [0.2, 0.25) is 11.8 Å². The van der Waals surface area contributed by atoms with Crippen molar-refractivity contribution >= 4 is 90.1 Å². The number of pyridine rings is 2. The van der Waals surface area contributed by atoms with E-state index in [1.165, 1.54) is 57.1 Å². The third-order valence-corrected chi connectivity index (χ3v) is 28.0. The summed E-state index contributed by atoms with van der Waals surface area (Å²) in [7, 11) is 7.12. The number of Topliss-reactive ketones (excluding diaryl/α,β-unsaturated/α-hetero) is 2. The zero-order valence-corrected chi connectivity index (χ0v) is 71.5. The number of nitrogens with one attached hydrogen (secondary N) is 3. The van der Waals surface area contributed by atoms with Crippen LogP contribution in [0.25, 0.3) is 0 Å². The van der Waals surface area contributed by atoms with E-state index in [9.17, 15) is 116 Å². The van der Waals surface area contributed by atoms with E-state index in [4.69, 9.17) is 75.8 Å². The lowest BCUT2D eigenvalue weighted by Crippen LogP contribution is -2.68. The van der Waals surface area contributed by atoms with Gasteiger partial charge in [-0.1, -0.05) is 33.7 Å². The highest BCUT2D eigenvalue weighted by Crippen LogP contribution is 2.41. The molecule has 22 N–H and O–H groups in total. The van der Waals surface area contributed by atoms with Crippen LogP contribution in [0.4, 0.5) is 0 Å². The molecule has 0 aromatic carbocycles. The van der Waals surface area contributed by atoms with Gasteiger partial charge in [0, 0.05) is 79.3 Å². The number of rotatable bonds is 37. The van der Waals surface area contributed by atoms with Crippen molar-refractivity contribution in [3.63, 3.8) is 0 Å². The predicted molar refractivity (Wildman–Crippen MR) is 428 cm³/mol.